The smallest absolute Gasteiger partial charge is 0.236 e. The van der Waals surface area contributed by atoms with Crippen molar-refractivity contribution < 1.29 is 4.79 Å². The Hall–Kier alpha value is -1.31. The van der Waals surface area contributed by atoms with Crippen molar-refractivity contribution in [3.8, 4) is 0 Å². The molecule has 0 saturated carbocycles. The second kappa shape index (κ2) is 7.30. The number of anilines is 1. The molecule has 2 aromatic rings. The lowest BCUT2D eigenvalue weighted by atomic mass is 10.3. The third kappa shape index (κ3) is 3.91. The summed E-state index contributed by atoms with van der Waals surface area (Å²) in [7, 11) is 0. The van der Waals surface area contributed by atoms with E-state index in [1.807, 2.05) is 18.4 Å². The number of carbonyl (C=O) groups is 1. The van der Waals surface area contributed by atoms with Crippen LogP contribution in [-0.4, -0.2) is 31.4 Å². The monoisotopic (exact) mass is 359 g/mol. The lowest BCUT2D eigenvalue weighted by Crippen LogP contribution is -2.16. The van der Waals surface area contributed by atoms with Gasteiger partial charge < -0.3 is 9.88 Å². The molecule has 1 amide bonds. The molecule has 0 atom stereocenters. The summed E-state index contributed by atoms with van der Waals surface area (Å²) >= 11 is 13.3. The lowest BCUT2D eigenvalue weighted by Gasteiger charge is -2.10. The molecule has 2 rings (SSSR count). The first-order valence-electron chi connectivity index (χ1n) is 6.53. The lowest BCUT2D eigenvalue weighted by molar-refractivity contribution is -0.113. The summed E-state index contributed by atoms with van der Waals surface area (Å²) in [4.78, 5) is 16.0. The number of hydrogen-bond donors (Lipinski definition) is 1. The van der Waals surface area contributed by atoms with Gasteiger partial charge >= 0.3 is 0 Å². The molecule has 0 aliphatic rings. The van der Waals surface area contributed by atoms with Crippen LogP contribution in [0.3, 0.4) is 0 Å². The maximum absolute atomic E-state index is 12.0. The summed E-state index contributed by atoms with van der Waals surface area (Å²) in [5, 5.41) is 12.0. The van der Waals surface area contributed by atoms with Crippen LogP contribution in [-0.2, 0) is 4.79 Å². The van der Waals surface area contributed by atoms with E-state index < -0.39 is 0 Å². The minimum atomic E-state index is -0.223. The molecular formula is C13H15Cl2N5OS. The Morgan fingerprint density at radius 1 is 1.45 bits per heavy atom. The molecular weight excluding hydrogens is 345 g/mol. The number of thioether (sulfide) groups is 1. The number of aromatic nitrogens is 4. The first-order valence-corrected chi connectivity index (χ1v) is 8.27. The van der Waals surface area contributed by atoms with Gasteiger partial charge in [-0.25, -0.2) is 4.98 Å². The number of halogens is 2. The van der Waals surface area contributed by atoms with E-state index >= 15 is 0 Å². The predicted octanol–water partition coefficient (Wildman–Crippen LogP) is 3.60. The summed E-state index contributed by atoms with van der Waals surface area (Å²) in [6.07, 6.45) is 3.10. The molecule has 9 heteroatoms. The summed E-state index contributed by atoms with van der Waals surface area (Å²) in [6.45, 7) is 5.81. The van der Waals surface area contributed by atoms with E-state index in [0.717, 1.165) is 0 Å². The van der Waals surface area contributed by atoms with Crippen LogP contribution >= 0.6 is 35.0 Å². The quantitative estimate of drug-likeness (QED) is 0.825. The van der Waals surface area contributed by atoms with Gasteiger partial charge in [0.1, 0.15) is 6.33 Å². The highest BCUT2D eigenvalue weighted by molar-refractivity contribution is 7.99. The van der Waals surface area contributed by atoms with Crippen LogP contribution in [0.25, 0.3) is 0 Å². The molecule has 6 nitrogen and oxygen atoms in total. The second-order valence-corrected chi connectivity index (χ2v) is 6.57. The van der Waals surface area contributed by atoms with Gasteiger partial charge in [-0.05, 0) is 26.3 Å². The largest absolute Gasteiger partial charge is 0.309 e. The van der Waals surface area contributed by atoms with Crippen LogP contribution in [0.15, 0.2) is 17.7 Å². The van der Waals surface area contributed by atoms with Crippen molar-refractivity contribution >= 4 is 46.7 Å². The Balaban J connectivity index is 1.99. The molecule has 2 heterocycles. The molecule has 0 fully saturated rings. The van der Waals surface area contributed by atoms with Gasteiger partial charge in [0.15, 0.2) is 11.0 Å². The van der Waals surface area contributed by atoms with Crippen LogP contribution < -0.4 is 5.32 Å². The summed E-state index contributed by atoms with van der Waals surface area (Å²) in [5.74, 6) is 0.268. The fraction of sp³-hybridized carbons (Fsp3) is 0.385. The Labute approximate surface area is 142 Å². The topological polar surface area (TPSA) is 72.7 Å². The maximum atomic E-state index is 12.0. The van der Waals surface area contributed by atoms with Gasteiger partial charge in [0.05, 0.1) is 15.8 Å². The molecule has 0 spiro atoms. The van der Waals surface area contributed by atoms with Crippen molar-refractivity contribution in [1.82, 2.24) is 19.7 Å². The molecule has 1 N–H and O–H groups in total. The zero-order chi connectivity index (χ0) is 16.3. The van der Waals surface area contributed by atoms with Crippen LogP contribution in [0.2, 0.25) is 10.0 Å². The third-order valence-corrected chi connectivity index (χ3v) is 4.69. The fourth-order valence-corrected chi connectivity index (χ4v) is 2.87. The van der Waals surface area contributed by atoms with Crippen LogP contribution in [0, 0.1) is 6.92 Å². The number of hydrogen-bond acceptors (Lipinski definition) is 5. The minimum Gasteiger partial charge on any atom is -0.309 e. The molecule has 0 bridgehead atoms. The van der Waals surface area contributed by atoms with E-state index in [1.165, 1.54) is 18.0 Å². The van der Waals surface area contributed by atoms with E-state index in [9.17, 15) is 4.79 Å². The SMILES string of the molecule is Cc1c(Cl)cnc(NC(=O)CSc2nncn2C(C)C)c1Cl. The van der Waals surface area contributed by atoms with Crippen molar-refractivity contribution in [3.05, 3.63) is 28.1 Å². The van der Waals surface area contributed by atoms with Crippen LogP contribution in [0.5, 0.6) is 0 Å². The molecule has 0 aromatic carbocycles. The molecule has 2 aromatic heterocycles. The van der Waals surface area contributed by atoms with E-state index in [-0.39, 0.29) is 17.7 Å². The number of pyridine rings is 1. The van der Waals surface area contributed by atoms with Crippen molar-refractivity contribution in [3.63, 3.8) is 0 Å². The highest BCUT2D eigenvalue weighted by Gasteiger charge is 2.14. The molecule has 0 aliphatic heterocycles. The first-order chi connectivity index (χ1) is 10.4. The highest BCUT2D eigenvalue weighted by Crippen LogP contribution is 2.28. The zero-order valence-corrected chi connectivity index (χ0v) is 14.6. The maximum Gasteiger partial charge on any atom is 0.236 e. The minimum absolute atomic E-state index is 0.186. The standard InChI is InChI=1S/C13H15Cl2N5OS/c1-7(2)20-6-17-19-13(20)22-5-10(21)18-12-11(15)8(3)9(14)4-16-12/h4,6-7H,5H2,1-3H3,(H,16,18,21). The molecule has 0 unspecified atom stereocenters. The average molecular weight is 360 g/mol. The van der Waals surface area contributed by atoms with Gasteiger partial charge in [0, 0.05) is 12.2 Å². The number of amides is 1. The average Bonchev–Trinajstić information content (AvgIpc) is 2.94. The molecule has 0 aliphatic carbocycles. The molecule has 22 heavy (non-hydrogen) atoms. The van der Waals surface area contributed by atoms with Crippen molar-refractivity contribution in [2.24, 2.45) is 0 Å². The van der Waals surface area contributed by atoms with Gasteiger partial charge in [0.2, 0.25) is 5.91 Å². The van der Waals surface area contributed by atoms with Crippen molar-refractivity contribution in [2.45, 2.75) is 32.0 Å². The number of nitrogens with zero attached hydrogens (tertiary/aromatic N) is 4. The third-order valence-electron chi connectivity index (χ3n) is 2.89. The van der Waals surface area contributed by atoms with Gasteiger partial charge in [0.25, 0.3) is 0 Å². The van der Waals surface area contributed by atoms with Crippen molar-refractivity contribution in [2.75, 3.05) is 11.1 Å². The van der Waals surface area contributed by atoms with Crippen LogP contribution in [0.4, 0.5) is 5.82 Å². The van der Waals surface area contributed by atoms with Gasteiger partial charge in [-0.15, -0.1) is 10.2 Å². The predicted molar refractivity (Wildman–Crippen MR) is 88.8 cm³/mol. The Bertz CT molecular complexity index is 689. The highest BCUT2D eigenvalue weighted by atomic mass is 35.5. The van der Waals surface area contributed by atoms with E-state index in [2.05, 4.69) is 20.5 Å². The van der Waals surface area contributed by atoms with Gasteiger partial charge in [-0.3, -0.25) is 4.79 Å². The fourth-order valence-electron chi connectivity index (χ4n) is 1.63. The Kier molecular flexibility index (Phi) is 5.66. The summed E-state index contributed by atoms with van der Waals surface area (Å²) < 4.78 is 1.90. The normalized spacial score (nSPS) is 11.0. The molecule has 0 radical (unpaired) electrons. The molecule has 0 saturated heterocycles. The zero-order valence-electron chi connectivity index (χ0n) is 12.3. The summed E-state index contributed by atoms with van der Waals surface area (Å²) in [5.41, 5.74) is 0.681. The first kappa shape index (κ1) is 17.1. The van der Waals surface area contributed by atoms with E-state index in [1.54, 1.807) is 13.3 Å². The van der Waals surface area contributed by atoms with Crippen LogP contribution in [0.1, 0.15) is 25.5 Å². The van der Waals surface area contributed by atoms with E-state index in [4.69, 9.17) is 23.2 Å². The van der Waals surface area contributed by atoms with Crippen molar-refractivity contribution in [1.29, 1.82) is 0 Å². The number of carbonyl (C=O) groups excluding carboxylic acids is 1. The Morgan fingerprint density at radius 3 is 2.86 bits per heavy atom. The second-order valence-electron chi connectivity index (χ2n) is 4.85. The number of rotatable bonds is 5. The van der Waals surface area contributed by atoms with Gasteiger partial charge in [-0.2, -0.15) is 0 Å². The van der Waals surface area contributed by atoms with Gasteiger partial charge in [-0.1, -0.05) is 35.0 Å². The van der Waals surface area contributed by atoms with E-state index in [0.29, 0.717) is 26.6 Å². The Morgan fingerprint density at radius 2 is 2.18 bits per heavy atom. The number of nitrogens with one attached hydrogen (secondary N) is 1. The summed E-state index contributed by atoms with van der Waals surface area (Å²) in [6, 6.07) is 0.232. The molecule has 118 valence electrons.